The number of carboxylic acids is 1. The Morgan fingerprint density at radius 3 is 2.29 bits per heavy atom. The van der Waals surface area contributed by atoms with Crippen LogP contribution in [0.1, 0.15) is 27.2 Å². The zero-order chi connectivity index (χ0) is 21.6. The van der Waals surface area contributed by atoms with Crippen LogP contribution in [0.15, 0.2) is 0 Å². The molecule has 1 aliphatic rings. The molecule has 0 bridgehead atoms. The molecule has 1 unspecified atom stereocenters. The normalized spacial score (nSPS) is 30.8. The monoisotopic (exact) mass is 409 g/mol. The molecule has 162 valence electrons. The molecular weight excluding hydrogens is 382 g/mol. The second kappa shape index (κ2) is 10.1. The van der Waals surface area contributed by atoms with Crippen molar-refractivity contribution in [2.75, 3.05) is 13.2 Å². The van der Waals surface area contributed by atoms with Gasteiger partial charge in [0.05, 0.1) is 37.9 Å². The Balaban J connectivity index is 3.11. The Labute approximate surface area is 161 Å². The van der Waals surface area contributed by atoms with Crippen molar-refractivity contribution in [1.29, 1.82) is 0 Å². The van der Waals surface area contributed by atoms with Crippen LogP contribution in [-0.4, -0.2) is 98.9 Å². The Morgan fingerprint density at radius 2 is 1.82 bits per heavy atom. The van der Waals surface area contributed by atoms with Gasteiger partial charge in [-0.1, -0.05) is 0 Å². The molecule has 1 aliphatic heterocycles. The highest BCUT2D eigenvalue weighted by atomic mass is 16.7. The van der Waals surface area contributed by atoms with Crippen LogP contribution in [0.4, 0.5) is 0 Å². The minimum absolute atomic E-state index is 0.139. The van der Waals surface area contributed by atoms with Crippen LogP contribution in [0.5, 0.6) is 0 Å². The van der Waals surface area contributed by atoms with E-state index in [4.69, 9.17) is 19.3 Å². The predicted molar refractivity (Wildman–Crippen MR) is 89.7 cm³/mol. The van der Waals surface area contributed by atoms with E-state index in [1.165, 1.54) is 6.92 Å². The molecule has 1 amide bonds. The number of amides is 1. The molecule has 0 aliphatic carbocycles. The lowest BCUT2D eigenvalue weighted by Crippen LogP contribution is -2.68. The van der Waals surface area contributed by atoms with Gasteiger partial charge in [0.15, 0.2) is 0 Å². The maximum absolute atomic E-state index is 11.7. The standard InChI is InChI=1S/C16H27NO11/c1-7(18)5-26-6-11(22)13(23)14-12(17-8(2)19)10(21)4-16(28-14,15(24)25)27-9(3)20/h7,10-14,18,21-23H,4-6H2,1-3H3,(H,17,19)(H,24,25)/t7?,10-,11+,12+,13+,14+,16-/m0/s1. The summed E-state index contributed by atoms with van der Waals surface area (Å²) in [5.41, 5.74) is 0. The van der Waals surface area contributed by atoms with E-state index in [0.29, 0.717) is 0 Å². The van der Waals surface area contributed by atoms with Crippen LogP contribution in [-0.2, 0) is 28.6 Å². The molecule has 12 heteroatoms. The summed E-state index contributed by atoms with van der Waals surface area (Å²) in [4.78, 5) is 34.4. The SMILES string of the molecule is CC(=O)N[C@H]1[C@H]([C@H](O)[C@H](O)COCC(C)O)O[C@](OC(C)=O)(C(=O)O)C[C@@H]1O. The molecule has 1 saturated heterocycles. The third-order valence-electron chi connectivity index (χ3n) is 3.96. The third-order valence-corrected chi connectivity index (χ3v) is 3.96. The van der Waals surface area contributed by atoms with Gasteiger partial charge in [0.1, 0.15) is 18.3 Å². The van der Waals surface area contributed by atoms with Gasteiger partial charge in [-0.3, -0.25) is 9.59 Å². The van der Waals surface area contributed by atoms with Crippen molar-refractivity contribution < 1.29 is 54.1 Å². The number of aliphatic hydroxyl groups excluding tert-OH is 4. The fraction of sp³-hybridized carbons (Fsp3) is 0.812. The Morgan fingerprint density at radius 1 is 1.21 bits per heavy atom. The first-order valence-electron chi connectivity index (χ1n) is 8.57. The Hall–Kier alpha value is -1.83. The van der Waals surface area contributed by atoms with Gasteiger partial charge in [-0.2, -0.15) is 0 Å². The van der Waals surface area contributed by atoms with Crippen LogP contribution in [0.3, 0.4) is 0 Å². The van der Waals surface area contributed by atoms with Crippen molar-refractivity contribution in [3.63, 3.8) is 0 Å². The van der Waals surface area contributed by atoms with Crippen LogP contribution in [0.25, 0.3) is 0 Å². The van der Waals surface area contributed by atoms with Gasteiger partial charge in [-0.15, -0.1) is 0 Å². The van der Waals surface area contributed by atoms with Gasteiger partial charge in [-0.25, -0.2) is 4.79 Å². The van der Waals surface area contributed by atoms with Gasteiger partial charge in [-0.05, 0) is 6.92 Å². The molecule has 0 saturated carbocycles. The lowest BCUT2D eigenvalue weighted by atomic mass is 9.88. The fourth-order valence-electron chi connectivity index (χ4n) is 2.81. The molecule has 0 spiro atoms. The number of ether oxygens (including phenoxy) is 3. The number of carbonyl (C=O) groups excluding carboxylic acids is 2. The van der Waals surface area contributed by atoms with E-state index in [1.807, 2.05) is 0 Å². The molecule has 0 aromatic carbocycles. The number of carboxylic acid groups (broad SMARTS) is 1. The molecule has 0 aromatic rings. The zero-order valence-corrected chi connectivity index (χ0v) is 15.8. The Kier molecular flexibility index (Phi) is 8.73. The van der Waals surface area contributed by atoms with E-state index in [-0.39, 0.29) is 6.61 Å². The topological polar surface area (TPSA) is 192 Å². The first-order valence-corrected chi connectivity index (χ1v) is 8.57. The summed E-state index contributed by atoms with van der Waals surface area (Å²) in [6, 6.07) is -1.30. The average Bonchev–Trinajstić information content (AvgIpc) is 2.54. The summed E-state index contributed by atoms with van der Waals surface area (Å²) < 4.78 is 15.1. The number of hydrogen-bond acceptors (Lipinski definition) is 10. The van der Waals surface area contributed by atoms with Crippen LogP contribution >= 0.6 is 0 Å². The summed E-state index contributed by atoms with van der Waals surface area (Å²) in [7, 11) is 0. The zero-order valence-electron chi connectivity index (χ0n) is 15.8. The number of carbonyl (C=O) groups is 3. The minimum atomic E-state index is -2.62. The van der Waals surface area contributed by atoms with E-state index < -0.39 is 73.2 Å². The molecule has 12 nitrogen and oxygen atoms in total. The van der Waals surface area contributed by atoms with Gasteiger partial charge < -0.3 is 45.1 Å². The first kappa shape index (κ1) is 24.2. The maximum atomic E-state index is 11.7. The second-order valence-electron chi connectivity index (χ2n) is 6.68. The molecule has 1 rings (SSSR count). The number of rotatable bonds is 9. The van der Waals surface area contributed by atoms with Gasteiger partial charge in [0.25, 0.3) is 0 Å². The molecule has 0 aromatic heterocycles. The van der Waals surface area contributed by atoms with Crippen molar-refractivity contribution in [3.8, 4) is 0 Å². The van der Waals surface area contributed by atoms with Crippen LogP contribution in [0.2, 0.25) is 0 Å². The van der Waals surface area contributed by atoms with Gasteiger partial charge >= 0.3 is 17.7 Å². The highest BCUT2D eigenvalue weighted by molar-refractivity contribution is 5.80. The van der Waals surface area contributed by atoms with Crippen LogP contribution in [0, 0.1) is 0 Å². The number of esters is 1. The molecule has 0 radical (unpaired) electrons. The average molecular weight is 409 g/mol. The van der Waals surface area contributed by atoms with Crippen molar-refractivity contribution in [2.24, 2.45) is 0 Å². The molecule has 1 fully saturated rings. The Bertz CT molecular complexity index is 569. The van der Waals surface area contributed by atoms with E-state index in [9.17, 15) is 34.8 Å². The maximum Gasteiger partial charge on any atom is 0.377 e. The van der Waals surface area contributed by atoms with E-state index in [0.717, 1.165) is 13.8 Å². The number of hydrogen-bond donors (Lipinski definition) is 6. The highest BCUT2D eigenvalue weighted by Gasteiger charge is 2.57. The fourth-order valence-corrected chi connectivity index (χ4v) is 2.81. The lowest BCUT2D eigenvalue weighted by molar-refractivity contribution is -0.300. The van der Waals surface area contributed by atoms with Crippen molar-refractivity contribution in [1.82, 2.24) is 5.32 Å². The number of aliphatic hydroxyl groups is 4. The van der Waals surface area contributed by atoms with E-state index in [2.05, 4.69) is 5.32 Å². The molecule has 6 N–H and O–H groups in total. The molecule has 1 heterocycles. The third kappa shape index (κ3) is 6.36. The van der Waals surface area contributed by atoms with Gasteiger partial charge in [0, 0.05) is 13.8 Å². The number of nitrogens with one attached hydrogen (secondary N) is 1. The molecular formula is C16H27NO11. The van der Waals surface area contributed by atoms with Crippen molar-refractivity contribution in [2.45, 2.75) is 69.5 Å². The smallest absolute Gasteiger partial charge is 0.377 e. The van der Waals surface area contributed by atoms with Crippen molar-refractivity contribution in [3.05, 3.63) is 0 Å². The second-order valence-corrected chi connectivity index (χ2v) is 6.68. The van der Waals surface area contributed by atoms with Gasteiger partial charge in [0.2, 0.25) is 5.91 Å². The van der Waals surface area contributed by atoms with E-state index >= 15 is 0 Å². The van der Waals surface area contributed by atoms with E-state index in [1.54, 1.807) is 0 Å². The molecule has 28 heavy (non-hydrogen) atoms. The summed E-state index contributed by atoms with van der Waals surface area (Å²) in [5.74, 6) is -5.98. The first-order chi connectivity index (χ1) is 12.9. The molecule has 7 atom stereocenters. The van der Waals surface area contributed by atoms with Crippen molar-refractivity contribution >= 4 is 17.8 Å². The minimum Gasteiger partial charge on any atom is -0.476 e. The van der Waals surface area contributed by atoms with Crippen LogP contribution < -0.4 is 5.32 Å². The summed E-state index contributed by atoms with van der Waals surface area (Å²) in [5, 5.41) is 51.9. The summed E-state index contributed by atoms with van der Waals surface area (Å²) in [6.45, 7) is 2.91. The number of aliphatic carboxylic acids is 1. The predicted octanol–water partition coefficient (Wildman–Crippen LogP) is -2.90. The highest BCUT2D eigenvalue weighted by Crippen LogP contribution is 2.33. The lowest BCUT2D eigenvalue weighted by Gasteiger charge is -2.46. The quantitative estimate of drug-likeness (QED) is 0.214. The largest absolute Gasteiger partial charge is 0.476 e. The summed E-state index contributed by atoms with van der Waals surface area (Å²) >= 11 is 0. The summed E-state index contributed by atoms with van der Waals surface area (Å²) in [6.07, 6.45) is -8.26.